The minimum absolute atomic E-state index is 0.163. The Kier molecular flexibility index (Phi) is 8.43. The highest BCUT2D eigenvalue weighted by molar-refractivity contribution is 6.03. The van der Waals surface area contributed by atoms with Gasteiger partial charge in [0.25, 0.3) is 5.91 Å². The van der Waals surface area contributed by atoms with Gasteiger partial charge >= 0.3 is 6.03 Å². The summed E-state index contributed by atoms with van der Waals surface area (Å²) in [5, 5.41) is 3.03. The summed E-state index contributed by atoms with van der Waals surface area (Å²) in [7, 11) is 1.73. The van der Waals surface area contributed by atoms with Crippen molar-refractivity contribution < 1.29 is 19.1 Å². The van der Waals surface area contributed by atoms with Gasteiger partial charge in [-0.1, -0.05) is 72.8 Å². The van der Waals surface area contributed by atoms with Gasteiger partial charge in [0.2, 0.25) is 5.91 Å². The molecular formula is C34H36N4O4. The average molecular weight is 565 g/mol. The second kappa shape index (κ2) is 12.3. The van der Waals surface area contributed by atoms with E-state index in [1.807, 2.05) is 98.8 Å². The molecule has 0 bridgehead atoms. The molecule has 3 aromatic rings. The summed E-state index contributed by atoms with van der Waals surface area (Å²) in [6, 6.07) is 24.8. The molecule has 2 atom stereocenters. The number of carbonyl (C=O) groups is 3. The molecule has 1 N–H and O–H groups in total. The zero-order chi connectivity index (χ0) is 29.8. The Morgan fingerprint density at radius 2 is 1.69 bits per heavy atom. The Bertz CT molecular complexity index is 1520. The van der Waals surface area contributed by atoms with Crippen LogP contribution < -0.4 is 10.1 Å². The van der Waals surface area contributed by atoms with Gasteiger partial charge < -0.3 is 19.9 Å². The third kappa shape index (κ3) is 5.93. The Morgan fingerprint density at radius 3 is 2.36 bits per heavy atom. The fourth-order valence-electron chi connectivity index (χ4n) is 5.64. The molecule has 0 radical (unpaired) electrons. The summed E-state index contributed by atoms with van der Waals surface area (Å²) in [5.41, 5.74) is 3.61. The number of hydrogen-bond donors (Lipinski definition) is 1. The fraction of sp³-hybridized carbons (Fsp3) is 0.265. The molecule has 4 amide bonds. The van der Waals surface area contributed by atoms with Crippen LogP contribution >= 0.6 is 0 Å². The van der Waals surface area contributed by atoms with E-state index in [1.54, 1.807) is 21.7 Å². The second-order valence-corrected chi connectivity index (χ2v) is 10.8. The highest BCUT2D eigenvalue weighted by Crippen LogP contribution is 2.38. The maximum Gasteiger partial charge on any atom is 0.322 e. The minimum atomic E-state index is -0.753. The van der Waals surface area contributed by atoms with Gasteiger partial charge in [0.15, 0.2) is 0 Å². The van der Waals surface area contributed by atoms with Crippen molar-refractivity contribution in [1.82, 2.24) is 20.0 Å². The van der Waals surface area contributed by atoms with Gasteiger partial charge in [-0.25, -0.2) is 4.79 Å². The number of nitrogens with zero attached hydrogens (tertiary/aromatic N) is 3. The summed E-state index contributed by atoms with van der Waals surface area (Å²) in [5.74, 6) is 0.838. The van der Waals surface area contributed by atoms with Crippen molar-refractivity contribution in [2.45, 2.75) is 32.4 Å². The highest BCUT2D eigenvalue weighted by atomic mass is 16.5. The number of urea groups is 1. The molecule has 2 aliphatic rings. The van der Waals surface area contributed by atoms with E-state index in [2.05, 4.69) is 11.9 Å². The van der Waals surface area contributed by atoms with Gasteiger partial charge in [-0.15, -0.1) is 0 Å². The number of amides is 4. The zero-order valence-electron chi connectivity index (χ0n) is 24.2. The first-order valence-corrected chi connectivity index (χ1v) is 14.1. The predicted octanol–water partition coefficient (Wildman–Crippen LogP) is 5.31. The SMILES string of the molecule is C=C(C)CN(C)C(=O)[C@H](Cc1ccccc1)N1CC2=C(C1=O)[C@@H](c1cccc(Oc3ccccc3)c1)NC(=O)N2CC. The van der Waals surface area contributed by atoms with Crippen LogP contribution in [-0.4, -0.2) is 65.3 Å². The highest BCUT2D eigenvalue weighted by Gasteiger charge is 2.47. The van der Waals surface area contributed by atoms with E-state index in [0.29, 0.717) is 42.3 Å². The molecule has 0 saturated heterocycles. The summed E-state index contributed by atoms with van der Waals surface area (Å²) < 4.78 is 6.04. The lowest BCUT2D eigenvalue weighted by atomic mass is 9.95. The van der Waals surface area contributed by atoms with Crippen LogP contribution in [0.1, 0.15) is 31.0 Å². The van der Waals surface area contributed by atoms with Crippen molar-refractivity contribution in [2.24, 2.45) is 0 Å². The van der Waals surface area contributed by atoms with Crippen molar-refractivity contribution in [3.63, 3.8) is 0 Å². The van der Waals surface area contributed by atoms with Crippen molar-refractivity contribution >= 4 is 17.8 Å². The lowest BCUT2D eigenvalue weighted by Crippen LogP contribution is -2.50. The molecule has 42 heavy (non-hydrogen) atoms. The standard InChI is InChI=1S/C34H36N4O4/c1-5-37-29-22-38(28(19-24-13-8-6-9-14-24)32(39)36(4)21-23(2)3)33(40)30(29)31(35-34(37)41)25-15-12-18-27(20-25)42-26-16-10-7-11-17-26/h6-18,20,28,31H,2,5,19,21-22H2,1,3-4H3,(H,35,41)/t28-,31+/m0/s1. The maximum atomic E-state index is 14.3. The van der Waals surface area contributed by atoms with Crippen LogP contribution in [0.5, 0.6) is 11.5 Å². The van der Waals surface area contributed by atoms with E-state index in [0.717, 1.165) is 16.7 Å². The molecular weight excluding hydrogens is 528 g/mol. The molecule has 0 unspecified atom stereocenters. The van der Waals surface area contributed by atoms with E-state index in [1.165, 1.54) is 0 Å². The molecule has 216 valence electrons. The number of rotatable bonds is 10. The van der Waals surface area contributed by atoms with Crippen LogP contribution in [0.15, 0.2) is 108 Å². The normalized spacial score (nSPS) is 17.1. The molecule has 2 heterocycles. The molecule has 8 nitrogen and oxygen atoms in total. The molecule has 0 spiro atoms. The molecule has 0 fully saturated rings. The third-order valence-electron chi connectivity index (χ3n) is 7.55. The summed E-state index contributed by atoms with van der Waals surface area (Å²) >= 11 is 0. The predicted molar refractivity (Wildman–Crippen MR) is 162 cm³/mol. The largest absolute Gasteiger partial charge is 0.457 e. The molecule has 3 aromatic carbocycles. The summed E-state index contributed by atoms with van der Waals surface area (Å²) in [4.78, 5) is 46.3. The maximum absolute atomic E-state index is 14.3. The summed E-state index contributed by atoms with van der Waals surface area (Å²) in [6.45, 7) is 8.64. The van der Waals surface area contributed by atoms with Crippen molar-refractivity contribution in [2.75, 3.05) is 26.7 Å². The fourth-order valence-corrected chi connectivity index (χ4v) is 5.64. The van der Waals surface area contributed by atoms with Crippen molar-refractivity contribution in [1.29, 1.82) is 0 Å². The van der Waals surface area contributed by atoms with Crippen LogP contribution in [0.4, 0.5) is 4.79 Å². The first-order valence-electron chi connectivity index (χ1n) is 14.1. The van der Waals surface area contributed by atoms with Gasteiger partial charge in [-0.2, -0.15) is 0 Å². The van der Waals surface area contributed by atoms with Gasteiger partial charge in [-0.3, -0.25) is 14.5 Å². The van der Waals surface area contributed by atoms with Crippen molar-refractivity contribution in [3.05, 3.63) is 119 Å². The zero-order valence-corrected chi connectivity index (χ0v) is 24.2. The topological polar surface area (TPSA) is 82.2 Å². The smallest absolute Gasteiger partial charge is 0.322 e. The average Bonchev–Trinajstić information content (AvgIpc) is 3.32. The van der Waals surface area contributed by atoms with Crippen LogP contribution in [0.3, 0.4) is 0 Å². The number of carbonyl (C=O) groups excluding carboxylic acids is 3. The van der Waals surface area contributed by atoms with Gasteiger partial charge in [0.1, 0.15) is 17.5 Å². The Labute approximate surface area is 246 Å². The van der Waals surface area contributed by atoms with E-state index in [9.17, 15) is 14.4 Å². The van der Waals surface area contributed by atoms with Gasteiger partial charge in [0.05, 0.1) is 23.9 Å². The molecule has 0 saturated carbocycles. The van der Waals surface area contributed by atoms with E-state index < -0.39 is 12.1 Å². The van der Waals surface area contributed by atoms with Gasteiger partial charge in [-0.05, 0) is 49.2 Å². The van der Waals surface area contributed by atoms with Gasteiger partial charge in [0, 0.05) is 26.6 Å². The number of likely N-dealkylation sites (N-methyl/N-ethyl adjacent to an activating group) is 2. The summed E-state index contributed by atoms with van der Waals surface area (Å²) in [6.07, 6.45) is 0.352. The molecule has 2 aliphatic heterocycles. The molecule has 8 heteroatoms. The number of para-hydroxylation sites is 1. The Morgan fingerprint density at radius 1 is 1.02 bits per heavy atom. The van der Waals surface area contributed by atoms with Crippen LogP contribution in [0.25, 0.3) is 0 Å². The number of ether oxygens (including phenoxy) is 1. The van der Waals surface area contributed by atoms with E-state index >= 15 is 0 Å². The molecule has 5 rings (SSSR count). The van der Waals surface area contributed by atoms with Crippen LogP contribution in [0.2, 0.25) is 0 Å². The van der Waals surface area contributed by atoms with Crippen LogP contribution in [-0.2, 0) is 16.0 Å². The number of hydrogen-bond acceptors (Lipinski definition) is 4. The minimum Gasteiger partial charge on any atom is -0.457 e. The molecule has 0 aromatic heterocycles. The Balaban J connectivity index is 1.50. The lowest BCUT2D eigenvalue weighted by molar-refractivity contribution is -0.141. The second-order valence-electron chi connectivity index (χ2n) is 10.8. The quantitative estimate of drug-likeness (QED) is 0.339. The van der Waals surface area contributed by atoms with E-state index in [-0.39, 0.29) is 24.4 Å². The van der Waals surface area contributed by atoms with E-state index in [4.69, 9.17) is 4.74 Å². The van der Waals surface area contributed by atoms with Crippen LogP contribution in [0, 0.1) is 0 Å². The number of benzene rings is 3. The lowest BCUT2D eigenvalue weighted by Gasteiger charge is -2.33. The van der Waals surface area contributed by atoms with Crippen molar-refractivity contribution in [3.8, 4) is 11.5 Å². The first kappa shape index (κ1) is 28.7. The first-order chi connectivity index (χ1) is 20.3. The number of nitrogens with one attached hydrogen (secondary N) is 1. The third-order valence-corrected chi connectivity index (χ3v) is 7.55. The monoisotopic (exact) mass is 564 g/mol. The Hall–Kier alpha value is -4.85. The molecule has 0 aliphatic carbocycles.